The third kappa shape index (κ3) is 1.57. The summed E-state index contributed by atoms with van der Waals surface area (Å²) in [6, 6.07) is 1.97. The second kappa shape index (κ2) is 3.88. The molecule has 0 aliphatic heterocycles. The molecule has 0 aliphatic carbocycles. The molecule has 1 rings (SSSR count). The van der Waals surface area contributed by atoms with Gasteiger partial charge in [0.25, 0.3) is 0 Å². The molecule has 0 amide bonds. The van der Waals surface area contributed by atoms with Crippen molar-refractivity contribution in [2.75, 3.05) is 7.11 Å². The predicted molar refractivity (Wildman–Crippen MR) is 49.8 cm³/mol. The summed E-state index contributed by atoms with van der Waals surface area (Å²) in [5.74, 6) is -0.454. The molecule has 0 unspecified atom stereocenters. The lowest BCUT2D eigenvalue weighted by molar-refractivity contribution is 0.0598. The van der Waals surface area contributed by atoms with Gasteiger partial charge in [-0.25, -0.2) is 4.79 Å². The smallest absolute Gasteiger partial charge is 0.340 e. The number of methoxy groups -OCH3 is 1. The molecule has 0 radical (unpaired) electrons. The van der Waals surface area contributed by atoms with Crippen LogP contribution in [0.25, 0.3) is 0 Å². The van der Waals surface area contributed by atoms with Crippen LogP contribution in [0, 0.1) is 25.2 Å². The molecular weight excluding hydrogens is 180 g/mol. The first-order valence-electron chi connectivity index (χ1n) is 4.06. The first-order valence-corrected chi connectivity index (χ1v) is 4.06. The van der Waals surface area contributed by atoms with E-state index in [2.05, 4.69) is 9.72 Å². The zero-order valence-electron chi connectivity index (χ0n) is 8.29. The number of nitrogens with zero attached hydrogens (tertiary/aromatic N) is 2. The maximum Gasteiger partial charge on any atom is 0.340 e. The lowest BCUT2D eigenvalue weighted by atomic mass is 10.0. The van der Waals surface area contributed by atoms with Gasteiger partial charge in [0.1, 0.15) is 6.07 Å². The Labute approximate surface area is 82.1 Å². The van der Waals surface area contributed by atoms with E-state index in [-0.39, 0.29) is 0 Å². The number of carbonyl (C=O) groups is 1. The molecule has 0 spiro atoms. The van der Waals surface area contributed by atoms with Gasteiger partial charge in [-0.2, -0.15) is 5.26 Å². The second-order valence-electron chi connectivity index (χ2n) is 2.86. The number of hydrogen-bond donors (Lipinski definition) is 0. The average Bonchev–Trinajstić information content (AvgIpc) is 2.18. The largest absolute Gasteiger partial charge is 0.465 e. The number of rotatable bonds is 1. The highest BCUT2D eigenvalue weighted by molar-refractivity contribution is 5.92. The Kier molecular flexibility index (Phi) is 2.82. The summed E-state index contributed by atoms with van der Waals surface area (Å²) in [6.45, 7) is 3.42. The van der Waals surface area contributed by atoms with Crippen molar-refractivity contribution in [1.29, 1.82) is 5.26 Å². The number of carbonyl (C=O) groups excluding carboxylic acids is 1. The van der Waals surface area contributed by atoms with Gasteiger partial charge < -0.3 is 4.74 Å². The van der Waals surface area contributed by atoms with Crippen LogP contribution in [-0.2, 0) is 4.74 Å². The van der Waals surface area contributed by atoms with E-state index in [0.717, 1.165) is 0 Å². The Morgan fingerprint density at radius 2 is 2.21 bits per heavy atom. The third-order valence-corrected chi connectivity index (χ3v) is 2.04. The maximum atomic E-state index is 11.4. The Balaban J connectivity index is 3.42. The number of hydrogen-bond acceptors (Lipinski definition) is 4. The molecule has 0 fully saturated rings. The van der Waals surface area contributed by atoms with Crippen LogP contribution in [0.3, 0.4) is 0 Å². The van der Waals surface area contributed by atoms with Gasteiger partial charge in [0, 0.05) is 6.20 Å². The van der Waals surface area contributed by atoms with E-state index in [0.29, 0.717) is 22.4 Å². The molecule has 14 heavy (non-hydrogen) atoms. The average molecular weight is 190 g/mol. The fourth-order valence-electron chi connectivity index (χ4n) is 1.24. The molecule has 4 heteroatoms. The highest BCUT2D eigenvalue weighted by Crippen LogP contribution is 2.15. The molecule has 0 atom stereocenters. The molecule has 1 aromatic rings. The van der Waals surface area contributed by atoms with Crippen molar-refractivity contribution in [3.8, 4) is 6.07 Å². The molecule has 4 nitrogen and oxygen atoms in total. The van der Waals surface area contributed by atoms with E-state index < -0.39 is 5.97 Å². The molecule has 0 aromatic carbocycles. The van der Waals surface area contributed by atoms with Gasteiger partial charge in [0.2, 0.25) is 0 Å². The Bertz CT molecular complexity index is 419. The van der Waals surface area contributed by atoms with E-state index in [1.54, 1.807) is 13.8 Å². The van der Waals surface area contributed by atoms with E-state index in [9.17, 15) is 4.79 Å². The van der Waals surface area contributed by atoms with E-state index in [1.165, 1.54) is 13.3 Å². The molecular formula is C10H10N2O2. The topological polar surface area (TPSA) is 63.0 Å². The summed E-state index contributed by atoms with van der Waals surface area (Å²) in [6.07, 6.45) is 1.46. The predicted octanol–water partition coefficient (Wildman–Crippen LogP) is 1.36. The highest BCUT2D eigenvalue weighted by Gasteiger charge is 2.16. The van der Waals surface area contributed by atoms with Crippen LogP contribution < -0.4 is 0 Å². The number of pyridine rings is 1. The van der Waals surface area contributed by atoms with Gasteiger partial charge in [-0.3, -0.25) is 4.98 Å². The number of esters is 1. The zero-order valence-corrected chi connectivity index (χ0v) is 8.29. The quantitative estimate of drug-likeness (QED) is 0.627. The number of ether oxygens (including phenoxy) is 1. The summed E-state index contributed by atoms with van der Waals surface area (Å²) in [7, 11) is 1.31. The minimum absolute atomic E-state index is 0.381. The molecule has 0 aliphatic rings. The van der Waals surface area contributed by atoms with Crippen LogP contribution in [-0.4, -0.2) is 18.1 Å². The molecule has 1 aromatic heterocycles. The molecule has 0 bridgehead atoms. The van der Waals surface area contributed by atoms with E-state index in [4.69, 9.17) is 5.26 Å². The van der Waals surface area contributed by atoms with Gasteiger partial charge >= 0.3 is 5.97 Å². The number of aromatic nitrogens is 1. The molecule has 1 heterocycles. The fraction of sp³-hybridized carbons (Fsp3) is 0.300. The summed E-state index contributed by atoms with van der Waals surface area (Å²) >= 11 is 0. The first-order chi connectivity index (χ1) is 6.61. The van der Waals surface area contributed by atoms with Gasteiger partial charge in [0.15, 0.2) is 0 Å². The van der Waals surface area contributed by atoms with Gasteiger partial charge in [-0.1, -0.05) is 0 Å². The molecule has 0 saturated heterocycles. The van der Waals surface area contributed by atoms with Crippen LogP contribution in [0.4, 0.5) is 0 Å². The van der Waals surface area contributed by atoms with Crippen LogP contribution in [0.2, 0.25) is 0 Å². The van der Waals surface area contributed by atoms with Gasteiger partial charge in [0.05, 0.1) is 23.9 Å². The van der Waals surface area contributed by atoms with Crippen molar-refractivity contribution in [2.45, 2.75) is 13.8 Å². The number of nitriles is 1. The standard InChI is InChI=1S/C10H10N2O2/c1-6-8(4-11)5-12-7(2)9(6)10(13)14-3/h5H,1-3H3. The van der Waals surface area contributed by atoms with Crippen LogP contribution in [0.15, 0.2) is 6.20 Å². The molecule has 0 N–H and O–H groups in total. The Hall–Kier alpha value is -1.89. The summed E-state index contributed by atoms with van der Waals surface area (Å²) in [4.78, 5) is 15.3. The van der Waals surface area contributed by atoms with Crippen LogP contribution >= 0.6 is 0 Å². The zero-order chi connectivity index (χ0) is 10.7. The molecule has 0 saturated carbocycles. The SMILES string of the molecule is COC(=O)c1c(C)ncc(C#N)c1C. The summed E-state index contributed by atoms with van der Waals surface area (Å²) in [5, 5.41) is 8.75. The lowest BCUT2D eigenvalue weighted by Gasteiger charge is -2.07. The normalized spacial score (nSPS) is 9.29. The number of aryl methyl sites for hydroxylation is 1. The van der Waals surface area contributed by atoms with Crippen molar-refractivity contribution < 1.29 is 9.53 Å². The minimum Gasteiger partial charge on any atom is -0.465 e. The third-order valence-electron chi connectivity index (χ3n) is 2.04. The monoisotopic (exact) mass is 190 g/mol. The van der Waals surface area contributed by atoms with Crippen molar-refractivity contribution >= 4 is 5.97 Å². The Morgan fingerprint density at radius 1 is 1.57 bits per heavy atom. The first kappa shape index (κ1) is 10.2. The summed E-state index contributed by atoms with van der Waals surface area (Å²) in [5.41, 5.74) is 1.97. The van der Waals surface area contributed by atoms with E-state index >= 15 is 0 Å². The van der Waals surface area contributed by atoms with Crippen LogP contribution in [0.1, 0.15) is 27.2 Å². The van der Waals surface area contributed by atoms with Crippen LogP contribution in [0.5, 0.6) is 0 Å². The lowest BCUT2D eigenvalue weighted by Crippen LogP contribution is -2.09. The fourth-order valence-corrected chi connectivity index (χ4v) is 1.24. The van der Waals surface area contributed by atoms with Gasteiger partial charge in [-0.15, -0.1) is 0 Å². The summed E-state index contributed by atoms with van der Waals surface area (Å²) < 4.78 is 4.61. The maximum absolute atomic E-state index is 11.4. The van der Waals surface area contributed by atoms with Crippen molar-refractivity contribution in [1.82, 2.24) is 4.98 Å². The molecule has 72 valence electrons. The van der Waals surface area contributed by atoms with Crippen molar-refractivity contribution in [3.05, 3.63) is 28.6 Å². The highest BCUT2D eigenvalue weighted by atomic mass is 16.5. The van der Waals surface area contributed by atoms with Gasteiger partial charge in [-0.05, 0) is 19.4 Å². The van der Waals surface area contributed by atoms with E-state index in [1.807, 2.05) is 6.07 Å². The van der Waals surface area contributed by atoms with Crippen molar-refractivity contribution in [2.24, 2.45) is 0 Å². The minimum atomic E-state index is -0.454. The van der Waals surface area contributed by atoms with Crippen molar-refractivity contribution in [3.63, 3.8) is 0 Å². The second-order valence-corrected chi connectivity index (χ2v) is 2.86. The Morgan fingerprint density at radius 3 is 2.71 bits per heavy atom.